The molecule has 0 fully saturated rings. The van der Waals surface area contributed by atoms with Crippen molar-refractivity contribution in [1.29, 1.82) is 0 Å². The maximum atomic E-state index is 10.3. The normalized spacial score (nSPS) is 10.4. The van der Waals surface area contributed by atoms with Crippen LogP contribution in [0, 0.1) is 0 Å². The molecule has 0 bridgehead atoms. The molecule has 78 valence electrons. The van der Waals surface area contributed by atoms with Gasteiger partial charge in [0.25, 0.3) is 0 Å². The number of rotatable bonds is 5. The summed E-state index contributed by atoms with van der Waals surface area (Å²) in [6, 6.07) is 0. The minimum Gasteiger partial charge on any atom is -0.480 e. The number of carbonyl (C=O) groups is 1. The Kier molecular flexibility index (Phi) is 3.64. The third kappa shape index (κ3) is 2.85. The standard InChI is InChI=1S/C9H15N3O2/c1-3-8-7(6-12(2)11-8)4-10-5-9(13)14/h6,10H,3-5H2,1-2H3,(H,13,14). The number of aryl methyl sites for hydroxylation is 2. The Morgan fingerprint density at radius 3 is 3.00 bits per heavy atom. The van der Waals surface area contributed by atoms with Crippen LogP contribution in [0.25, 0.3) is 0 Å². The van der Waals surface area contributed by atoms with E-state index in [9.17, 15) is 4.79 Å². The molecule has 1 rings (SSSR count). The van der Waals surface area contributed by atoms with Crippen molar-refractivity contribution < 1.29 is 9.90 Å². The van der Waals surface area contributed by atoms with Gasteiger partial charge in [-0.15, -0.1) is 0 Å². The van der Waals surface area contributed by atoms with E-state index in [0.717, 1.165) is 17.7 Å². The van der Waals surface area contributed by atoms with Crippen molar-refractivity contribution in [1.82, 2.24) is 15.1 Å². The first-order valence-electron chi connectivity index (χ1n) is 4.57. The largest absolute Gasteiger partial charge is 0.480 e. The topological polar surface area (TPSA) is 67.2 Å². The van der Waals surface area contributed by atoms with Crippen LogP contribution in [0.4, 0.5) is 0 Å². The van der Waals surface area contributed by atoms with Gasteiger partial charge in [-0.3, -0.25) is 9.48 Å². The van der Waals surface area contributed by atoms with E-state index in [0.29, 0.717) is 6.54 Å². The lowest BCUT2D eigenvalue weighted by atomic mass is 10.2. The van der Waals surface area contributed by atoms with Gasteiger partial charge in [-0.25, -0.2) is 0 Å². The van der Waals surface area contributed by atoms with E-state index in [4.69, 9.17) is 5.11 Å². The molecule has 1 aromatic rings. The summed E-state index contributed by atoms with van der Waals surface area (Å²) in [6.45, 7) is 2.57. The second kappa shape index (κ2) is 4.76. The van der Waals surface area contributed by atoms with Crippen molar-refractivity contribution in [3.8, 4) is 0 Å². The number of aromatic nitrogens is 2. The predicted octanol–water partition coefficient (Wildman–Crippen LogP) is 0.157. The van der Waals surface area contributed by atoms with Crippen molar-refractivity contribution in [3.63, 3.8) is 0 Å². The van der Waals surface area contributed by atoms with Gasteiger partial charge in [-0.05, 0) is 6.42 Å². The molecule has 0 unspecified atom stereocenters. The zero-order valence-electron chi connectivity index (χ0n) is 8.45. The van der Waals surface area contributed by atoms with Gasteiger partial charge in [0, 0.05) is 25.4 Å². The Morgan fingerprint density at radius 2 is 2.43 bits per heavy atom. The number of hydrogen-bond donors (Lipinski definition) is 2. The predicted molar refractivity (Wildman–Crippen MR) is 51.9 cm³/mol. The summed E-state index contributed by atoms with van der Waals surface area (Å²) in [5, 5.41) is 15.5. The fraction of sp³-hybridized carbons (Fsp3) is 0.556. The van der Waals surface area contributed by atoms with Crippen molar-refractivity contribution in [2.24, 2.45) is 7.05 Å². The van der Waals surface area contributed by atoms with Crippen molar-refractivity contribution in [3.05, 3.63) is 17.5 Å². The molecule has 0 aliphatic rings. The van der Waals surface area contributed by atoms with Crippen molar-refractivity contribution in [2.45, 2.75) is 19.9 Å². The lowest BCUT2D eigenvalue weighted by Crippen LogP contribution is -2.22. The summed E-state index contributed by atoms with van der Waals surface area (Å²) in [6.07, 6.45) is 2.78. The molecule has 0 aliphatic heterocycles. The number of aliphatic carboxylic acids is 1. The molecule has 0 saturated heterocycles. The smallest absolute Gasteiger partial charge is 0.317 e. The first-order chi connectivity index (χ1) is 6.63. The maximum absolute atomic E-state index is 10.3. The molecule has 5 heteroatoms. The molecule has 1 aromatic heterocycles. The summed E-state index contributed by atoms with van der Waals surface area (Å²) in [5.74, 6) is -0.841. The van der Waals surface area contributed by atoms with Crippen LogP contribution in [0.15, 0.2) is 6.20 Å². The summed E-state index contributed by atoms with van der Waals surface area (Å²) in [4.78, 5) is 10.3. The Balaban J connectivity index is 2.52. The molecule has 0 saturated carbocycles. The minimum absolute atomic E-state index is 0.0158. The van der Waals surface area contributed by atoms with Crippen LogP contribution in [-0.2, 0) is 24.8 Å². The highest BCUT2D eigenvalue weighted by Crippen LogP contribution is 2.06. The zero-order chi connectivity index (χ0) is 10.6. The van der Waals surface area contributed by atoms with Crippen LogP contribution in [-0.4, -0.2) is 27.4 Å². The van der Waals surface area contributed by atoms with E-state index in [-0.39, 0.29) is 6.54 Å². The van der Waals surface area contributed by atoms with Crippen LogP contribution < -0.4 is 5.32 Å². The quantitative estimate of drug-likeness (QED) is 0.705. The summed E-state index contributed by atoms with van der Waals surface area (Å²) >= 11 is 0. The summed E-state index contributed by atoms with van der Waals surface area (Å²) in [5.41, 5.74) is 2.08. The van der Waals surface area contributed by atoms with E-state index in [1.165, 1.54) is 0 Å². The Hall–Kier alpha value is -1.36. The van der Waals surface area contributed by atoms with Crippen LogP contribution in [0.1, 0.15) is 18.2 Å². The molecule has 0 atom stereocenters. The lowest BCUT2D eigenvalue weighted by molar-refractivity contribution is -0.135. The van der Waals surface area contributed by atoms with Crippen molar-refractivity contribution >= 4 is 5.97 Å². The van der Waals surface area contributed by atoms with Gasteiger partial charge in [0.05, 0.1) is 12.2 Å². The molecular weight excluding hydrogens is 182 g/mol. The van der Waals surface area contributed by atoms with Crippen LogP contribution >= 0.6 is 0 Å². The molecule has 0 radical (unpaired) electrons. The van der Waals surface area contributed by atoms with Gasteiger partial charge in [0.15, 0.2) is 0 Å². The number of hydrogen-bond acceptors (Lipinski definition) is 3. The van der Waals surface area contributed by atoms with Gasteiger partial charge in [0.2, 0.25) is 0 Å². The molecule has 0 aliphatic carbocycles. The highest BCUT2D eigenvalue weighted by Gasteiger charge is 2.05. The van der Waals surface area contributed by atoms with Crippen LogP contribution in [0.3, 0.4) is 0 Å². The lowest BCUT2D eigenvalue weighted by Gasteiger charge is -2.00. The number of nitrogens with one attached hydrogen (secondary N) is 1. The van der Waals surface area contributed by atoms with Gasteiger partial charge in [0.1, 0.15) is 0 Å². The third-order valence-electron chi connectivity index (χ3n) is 1.92. The molecule has 0 spiro atoms. The molecular formula is C9H15N3O2. The number of carboxylic acid groups (broad SMARTS) is 1. The number of nitrogens with zero attached hydrogens (tertiary/aromatic N) is 2. The SMILES string of the molecule is CCc1nn(C)cc1CNCC(=O)O. The molecule has 1 heterocycles. The van der Waals surface area contributed by atoms with Crippen LogP contribution in [0.2, 0.25) is 0 Å². The second-order valence-corrected chi connectivity index (χ2v) is 3.13. The number of carboxylic acids is 1. The average Bonchev–Trinajstić information content (AvgIpc) is 2.45. The second-order valence-electron chi connectivity index (χ2n) is 3.13. The monoisotopic (exact) mass is 197 g/mol. The highest BCUT2D eigenvalue weighted by atomic mass is 16.4. The zero-order valence-corrected chi connectivity index (χ0v) is 8.45. The van der Waals surface area contributed by atoms with E-state index in [1.807, 2.05) is 20.2 Å². The first kappa shape index (κ1) is 10.7. The Morgan fingerprint density at radius 1 is 1.71 bits per heavy atom. The van der Waals surface area contributed by atoms with E-state index in [2.05, 4.69) is 10.4 Å². The van der Waals surface area contributed by atoms with Gasteiger partial charge in [-0.2, -0.15) is 5.10 Å². The molecule has 2 N–H and O–H groups in total. The molecule has 14 heavy (non-hydrogen) atoms. The van der Waals surface area contributed by atoms with E-state index < -0.39 is 5.97 Å². The molecule has 0 amide bonds. The Bertz CT molecular complexity index is 320. The van der Waals surface area contributed by atoms with E-state index in [1.54, 1.807) is 4.68 Å². The first-order valence-corrected chi connectivity index (χ1v) is 4.57. The van der Waals surface area contributed by atoms with Gasteiger partial charge >= 0.3 is 5.97 Å². The molecule has 0 aromatic carbocycles. The van der Waals surface area contributed by atoms with Gasteiger partial charge < -0.3 is 10.4 Å². The minimum atomic E-state index is -0.841. The fourth-order valence-electron chi connectivity index (χ4n) is 1.33. The Labute approximate surface area is 82.7 Å². The summed E-state index contributed by atoms with van der Waals surface area (Å²) < 4.78 is 1.75. The van der Waals surface area contributed by atoms with Gasteiger partial charge in [-0.1, -0.05) is 6.92 Å². The maximum Gasteiger partial charge on any atom is 0.317 e. The third-order valence-corrected chi connectivity index (χ3v) is 1.92. The molecule has 5 nitrogen and oxygen atoms in total. The fourth-order valence-corrected chi connectivity index (χ4v) is 1.33. The van der Waals surface area contributed by atoms with E-state index >= 15 is 0 Å². The average molecular weight is 197 g/mol. The highest BCUT2D eigenvalue weighted by molar-refractivity contribution is 5.68. The van der Waals surface area contributed by atoms with Crippen molar-refractivity contribution in [2.75, 3.05) is 6.54 Å². The summed E-state index contributed by atoms with van der Waals surface area (Å²) in [7, 11) is 1.86. The van der Waals surface area contributed by atoms with Crippen LogP contribution in [0.5, 0.6) is 0 Å².